The minimum atomic E-state index is -0.195. The average molecular weight is 178 g/mol. The summed E-state index contributed by atoms with van der Waals surface area (Å²) in [5.41, 5.74) is 5.82. The van der Waals surface area contributed by atoms with Gasteiger partial charge in [-0.25, -0.2) is 0 Å². The summed E-state index contributed by atoms with van der Waals surface area (Å²) in [6.45, 7) is 2.98. The van der Waals surface area contributed by atoms with Crippen molar-refractivity contribution in [3.63, 3.8) is 0 Å². The quantitative estimate of drug-likeness (QED) is 0.691. The van der Waals surface area contributed by atoms with Gasteiger partial charge >= 0.3 is 0 Å². The van der Waals surface area contributed by atoms with Gasteiger partial charge in [0.25, 0.3) is 0 Å². The van der Waals surface area contributed by atoms with E-state index in [9.17, 15) is 0 Å². The molecule has 0 radical (unpaired) electrons. The van der Waals surface area contributed by atoms with Crippen LogP contribution in [-0.2, 0) is 6.54 Å². The fraction of sp³-hybridized carbons (Fsp3) is 0.556. The third-order valence-corrected chi connectivity index (χ3v) is 1.78. The number of hydrogen-bond donors (Lipinski definition) is 1. The maximum atomic E-state index is 5.82. The van der Waals surface area contributed by atoms with Gasteiger partial charge in [0.1, 0.15) is 6.33 Å². The van der Waals surface area contributed by atoms with E-state index in [4.69, 9.17) is 12.2 Å². The molecule has 13 heavy (non-hydrogen) atoms. The van der Waals surface area contributed by atoms with Gasteiger partial charge in [0.2, 0.25) is 0 Å². The molecule has 0 saturated carbocycles. The molecule has 1 atom stereocenters. The first-order valence-corrected chi connectivity index (χ1v) is 4.36. The van der Waals surface area contributed by atoms with Crippen molar-refractivity contribution in [2.24, 2.45) is 5.73 Å². The first-order chi connectivity index (χ1) is 6.29. The Morgan fingerprint density at radius 2 is 2.54 bits per heavy atom. The monoisotopic (exact) mass is 178 g/mol. The Kier molecular flexibility index (Phi) is 3.47. The van der Waals surface area contributed by atoms with E-state index >= 15 is 0 Å². The molecule has 4 nitrogen and oxygen atoms in total. The Hall–Kier alpha value is -1.34. The molecule has 2 N–H and O–H groups in total. The van der Waals surface area contributed by atoms with Gasteiger partial charge < -0.3 is 10.3 Å². The molecule has 1 aromatic heterocycles. The number of aromatic nitrogens is 3. The van der Waals surface area contributed by atoms with E-state index < -0.39 is 0 Å². The van der Waals surface area contributed by atoms with Crippen LogP contribution in [-0.4, -0.2) is 14.8 Å². The highest BCUT2D eigenvalue weighted by Crippen LogP contribution is 2.10. The number of nitrogens with two attached hydrogens (primary N) is 1. The molecule has 1 aromatic rings. The second kappa shape index (κ2) is 4.63. The lowest BCUT2D eigenvalue weighted by Crippen LogP contribution is -2.16. The van der Waals surface area contributed by atoms with E-state index in [0.717, 1.165) is 18.8 Å². The van der Waals surface area contributed by atoms with Crippen LogP contribution in [0.4, 0.5) is 0 Å². The highest BCUT2D eigenvalue weighted by molar-refractivity contribution is 5.00. The normalized spacial score (nSPS) is 12.4. The standard InChI is InChI=1S/C9H14N4/c1-3-5-8(10)9-12-11-7-13(9)6-4-2/h1,7-8H,4-6,10H2,2H3. The molecule has 1 heterocycles. The Morgan fingerprint density at radius 3 is 3.15 bits per heavy atom. The predicted octanol–water partition coefficient (Wildman–Crippen LogP) is 0.711. The van der Waals surface area contributed by atoms with E-state index in [1.165, 1.54) is 0 Å². The highest BCUT2D eigenvalue weighted by atomic mass is 15.3. The minimum Gasteiger partial charge on any atom is -0.321 e. The van der Waals surface area contributed by atoms with Gasteiger partial charge in [0.15, 0.2) is 5.82 Å². The van der Waals surface area contributed by atoms with Crippen LogP contribution in [0.15, 0.2) is 6.33 Å². The first kappa shape index (κ1) is 9.75. The first-order valence-electron chi connectivity index (χ1n) is 4.36. The van der Waals surface area contributed by atoms with E-state index in [0.29, 0.717) is 6.42 Å². The number of hydrogen-bond acceptors (Lipinski definition) is 3. The summed E-state index contributed by atoms with van der Waals surface area (Å²) in [5, 5.41) is 7.75. The molecule has 0 amide bonds. The number of nitrogens with zero attached hydrogens (tertiary/aromatic N) is 3. The maximum absolute atomic E-state index is 5.82. The third-order valence-electron chi connectivity index (χ3n) is 1.78. The summed E-state index contributed by atoms with van der Waals surface area (Å²) in [6, 6.07) is -0.195. The topological polar surface area (TPSA) is 56.7 Å². The second-order valence-electron chi connectivity index (χ2n) is 2.90. The van der Waals surface area contributed by atoms with E-state index in [1.54, 1.807) is 6.33 Å². The van der Waals surface area contributed by atoms with Crippen molar-refractivity contribution < 1.29 is 0 Å². The molecule has 4 heteroatoms. The third kappa shape index (κ3) is 2.30. The van der Waals surface area contributed by atoms with Crippen LogP contribution in [0, 0.1) is 12.3 Å². The number of aryl methyl sites for hydroxylation is 1. The fourth-order valence-electron chi connectivity index (χ4n) is 1.18. The lowest BCUT2D eigenvalue weighted by Gasteiger charge is -2.08. The zero-order chi connectivity index (χ0) is 9.68. The van der Waals surface area contributed by atoms with Crippen molar-refractivity contribution in [3.8, 4) is 12.3 Å². The van der Waals surface area contributed by atoms with Crippen molar-refractivity contribution in [3.05, 3.63) is 12.2 Å². The van der Waals surface area contributed by atoms with Gasteiger partial charge in [0.05, 0.1) is 6.04 Å². The fourth-order valence-corrected chi connectivity index (χ4v) is 1.18. The van der Waals surface area contributed by atoms with Crippen LogP contribution in [0.25, 0.3) is 0 Å². The summed E-state index contributed by atoms with van der Waals surface area (Å²) in [7, 11) is 0. The number of rotatable bonds is 4. The van der Waals surface area contributed by atoms with Gasteiger partial charge in [-0.15, -0.1) is 22.5 Å². The molecule has 1 rings (SSSR count). The SMILES string of the molecule is C#CCC(N)c1nncn1CCC. The average Bonchev–Trinajstić information content (AvgIpc) is 2.54. The van der Waals surface area contributed by atoms with E-state index in [-0.39, 0.29) is 6.04 Å². The molecule has 0 saturated heterocycles. The Morgan fingerprint density at radius 1 is 1.77 bits per heavy atom. The van der Waals surface area contributed by atoms with Crippen molar-refractivity contribution >= 4 is 0 Å². The lowest BCUT2D eigenvalue weighted by atomic mass is 10.2. The maximum Gasteiger partial charge on any atom is 0.150 e. The van der Waals surface area contributed by atoms with Crippen LogP contribution in [0.5, 0.6) is 0 Å². The molecule has 70 valence electrons. The molecule has 0 spiro atoms. The molecule has 1 unspecified atom stereocenters. The molecule has 0 aliphatic rings. The summed E-state index contributed by atoms with van der Waals surface area (Å²) in [6.07, 6.45) is 8.40. The summed E-state index contributed by atoms with van der Waals surface area (Å²) < 4.78 is 1.95. The lowest BCUT2D eigenvalue weighted by molar-refractivity contribution is 0.583. The smallest absolute Gasteiger partial charge is 0.150 e. The van der Waals surface area contributed by atoms with Gasteiger partial charge in [0, 0.05) is 13.0 Å². The predicted molar refractivity (Wildman–Crippen MR) is 50.7 cm³/mol. The molecular formula is C9H14N4. The highest BCUT2D eigenvalue weighted by Gasteiger charge is 2.11. The van der Waals surface area contributed by atoms with Crippen molar-refractivity contribution in [1.29, 1.82) is 0 Å². The van der Waals surface area contributed by atoms with Gasteiger partial charge in [-0.05, 0) is 6.42 Å². The van der Waals surface area contributed by atoms with Crippen molar-refractivity contribution in [2.75, 3.05) is 0 Å². The van der Waals surface area contributed by atoms with Gasteiger partial charge in [-0.2, -0.15) is 0 Å². The summed E-state index contributed by atoms with van der Waals surface area (Å²) in [4.78, 5) is 0. The molecule has 0 bridgehead atoms. The van der Waals surface area contributed by atoms with Crippen LogP contribution in [0.3, 0.4) is 0 Å². The molecule has 0 aromatic carbocycles. The molecule has 0 aliphatic heterocycles. The van der Waals surface area contributed by atoms with Crippen LogP contribution < -0.4 is 5.73 Å². The Labute approximate surface area is 78.2 Å². The van der Waals surface area contributed by atoms with Gasteiger partial charge in [-0.3, -0.25) is 0 Å². The van der Waals surface area contributed by atoms with Crippen molar-refractivity contribution in [1.82, 2.24) is 14.8 Å². The summed E-state index contributed by atoms with van der Waals surface area (Å²) >= 11 is 0. The molecule has 0 aliphatic carbocycles. The second-order valence-corrected chi connectivity index (χ2v) is 2.90. The van der Waals surface area contributed by atoms with Crippen molar-refractivity contribution in [2.45, 2.75) is 32.4 Å². The van der Waals surface area contributed by atoms with Crippen LogP contribution in [0.1, 0.15) is 31.6 Å². The Balaban J connectivity index is 2.75. The van der Waals surface area contributed by atoms with Crippen LogP contribution >= 0.6 is 0 Å². The largest absolute Gasteiger partial charge is 0.321 e. The molecular weight excluding hydrogens is 164 g/mol. The zero-order valence-corrected chi connectivity index (χ0v) is 7.77. The molecule has 0 fully saturated rings. The minimum absolute atomic E-state index is 0.195. The zero-order valence-electron chi connectivity index (χ0n) is 7.77. The summed E-state index contributed by atoms with van der Waals surface area (Å²) in [5.74, 6) is 3.30. The van der Waals surface area contributed by atoms with Crippen LogP contribution in [0.2, 0.25) is 0 Å². The van der Waals surface area contributed by atoms with Gasteiger partial charge in [-0.1, -0.05) is 6.92 Å². The van der Waals surface area contributed by atoms with E-state index in [1.807, 2.05) is 4.57 Å². The number of terminal acetylenes is 1. The Bertz CT molecular complexity index is 297. The van der Waals surface area contributed by atoms with E-state index in [2.05, 4.69) is 23.0 Å².